The van der Waals surface area contributed by atoms with E-state index >= 15 is 0 Å². The Bertz CT molecular complexity index is 746. The molecule has 2 fully saturated rings. The summed E-state index contributed by atoms with van der Waals surface area (Å²) in [6.07, 6.45) is 1.72. The van der Waals surface area contributed by atoms with E-state index in [1.165, 1.54) is 31.7 Å². The van der Waals surface area contributed by atoms with Gasteiger partial charge in [0.1, 0.15) is 5.75 Å². The van der Waals surface area contributed by atoms with Crippen LogP contribution in [0.4, 0.5) is 8.78 Å². The van der Waals surface area contributed by atoms with Crippen LogP contribution in [0.25, 0.3) is 0 Å². The zero-order valence-electron chi connectivity index (χ0n) is 14.2. The third-order valence-corrected chi connectivity index (χ3v) is 6.61. The summed E-state index contributed by atoms with van der Waals surface area (Å²) >= 11 is 0. The van der Waals surface area contributed by atoms with Crippen LogP contribution in [-0.4, -0.2) is 73.7 Å². The summed E-state index contributed by atoms with van der Waals surface area (Å²) in [4.78, 5) is 14.1. The number of hydrogen-bond donors (Lipinski definition) is 0. The number of rotatable bonds is 5. The number of carbonyl (C=O) groups is 1. The molecule has 0 radical (unpaired) electrons. The Balaban J connectivity index is 1.66. The van der Waals surface area contributed by atoms with Gasteiger partial charge in [-0.1, -0.05) is 12.1 Å². The molecule has 1 amide bonds. The van der Waals surface area contributed by atoms with Gasteiger partial charge in [-0.2, -0.15) is 25.8 Å². The Hall–Kier alpha value is -1.78. The van der Waals surface area contributed by atoms with Crippen molar-refractivity contribution in [3.05, 3.63) is 29.8 Å². The van der Waals surface area contributed by atoms with Gasteiger partial charge in [-0.05, 0) is 25.0 Å². The summed E-state index contributed by atoms with van der Waals surface area (Å²) in [5.41, 5.74) is 0.0450. The number of benzene rings is 1. The highest BCUT2D eigenvalue weighted by atomic mass is 32.2. The minimum Gasteiger partial charge on any atom is -0.434 e. The van der Waals surface area contributed by atoms with E-state index in [0.29, 0.717) is 13.1 Å². The van der Waals surface area contributed by atoms with Gasteiger partial charge in [0.05, 0.1) is 5.56 Å². The van der Waals surface area contributed by atoms with E-state index in [-0.39, 0.29) is 37.5 Å². The van der Waals surface area contributed by atoms with Crippen LogP contribution < -0.4 is 4.74 Å². The van der Waals surface area contributed by atoms with Crippen molar-refractivity contribution in [3.8, 4) is 5.75 Å². The molecule has 7 nitrogen and oxygen atoms in total. The molecule has 0 spiro atoms. The van der Waals surface area contributed by atoms with Gasteiger partial charge < -0.3 is 9.64 Å². The molecule has 2 heterocycles. The number of piperazine rings is 1. The molecule has 144 valence electrons. The first-order valence-corrected chi connectivity index (χ1v) is 9.87. The molecule has 0 bridgehead atoms. The molecule has 0 aromatic heterocycles. The van der Waals surface area contributed by atoms with Crippen LogP contribution in [-0.2, 0) is 10.2 Å². The molecule has 3 rings (SSSR count). The van der Waals surface area contributed by atoms with Crippen LogP contribution in [0.15, 0.2) is 24.3 Å². The molecule has 2 aliphatic rings. The highest BCUT2D eigenvalue weighted by molar-refractivity contribution is 7.86. The van der Waals surface area contributed by atoms with Gasteiger partial charge in [0.25, 0.3) is 16.1 Å². The summed E-state index contributed by atoms with van der Waals surface area (Å²) in [6, 6.07) is 5.82. The van der Waals surface area contributed by atoms with Gasteiger partial charge in [0.2, 0.25) is 0 Å². The minimum atomic E-state index is -3.49. The van der Waals surface area contributed by atoms with Crippen molar-refractivity contribution >= 4 is 16.1 Å². The largest absolute Gasteiger partial charge is 0.434 e. The lowest BCUT2D eigenvalue weighted by molar-refractivity contribution is -0.0503. The number of hydrogen-bond acceptors (Lipinski definition) is 4. The lowest BCUT2D eigenvalue weighted by atomic mass is 10.1. The summed E-state index contributed by atoms with van der Waals surface area (Å²) in [5.74, 6) is -0.626. The Morgan fingerprint density at radius 3 is 2.15 bits per heavy atom. The average Bonchev–Trinajstić information content (AvgIpc) is 3.17. The average molecular weight is 389 g/mol. The highest BCUT2D eigenvalue weighted by Gasteiger charge is 2.35. The maximum Gasteiger partial charge on any atom is 0.387 e. The van der Waals surface area contributed by atoms with Crippen LogP contribution in [0, 0.1) is 0 Å². The van der Waals surface area contributed by atoms with Gasteiger partial charge >= 0.3 is 6.61 Å². The maximum atomic E-state index is 12.6. The van der Waals surface area contributed by atoms with Crippen molar-refractivity contribution in [3.63, 3.8) is 0 Å². The number of amides is 1. The van der Waals surface area contributed by atoms with E-state index in [2.05, 4.69) is 4.74 Å². The van der Waals surface area contributed by atoms with Gasteiger partial charge in [-0.15, -0.1) is 0 Å². The number of nitrogens with zero attached hydrogens (tertiary/aromatic N) is 3. The number of para-hydroxylation sites is 1. The maximum absolute atomic E-state index is 12.6. The molecule has 0 saturated carbocycles. The van der Waals surface area contributed by atoms with E-state index in [1.54, 1.807) is 6.07 Å². The fourth-order valence-electron chi connectivity index (χ4n) is 3.22. The summed E-state index contributed by atoms with van der Waals surface area (Å²) < 4.78 is 57.4. The summed E-state index contributed by atoms with van der Waals surface area (Å²) in [6.45, 7) is -1.19. The van der Waals surface area contributed by atoms with Crippen LogP contribution in [0.2, 0.25) is 0 Å². The van der Waals surface area contributed by atoms with E-state index in [1.807, 2.05) is 0 Å². The normalized spacial score (nSPS) is 19.9. The number of halogens is 2. The first kappa shape index (κ1) is 19.0. The molecule has 1 aromatic rings. The van der Waals surface area contributed by atoms with Crippen molar-refractivity contribution in [1.29, 1.82) is 0 Å². The van der Waals surface area contributed by atoms with E-state index in [0.717, 1.165) is 12.8 Å². The number of alkyl halides is 2. The predicted octanol–water partition coefficient (Wildman–Crippen LogP) is 1.39. The van der Waals surface area contributed by atoms with Crippen molar-refractivity contribution in [2.75, 3.05) is 39.3 Å². The molecule has 2 aliphatic heterocycles. The van der Waals surface area contributed by atoms with Crippen LogP contribution in [0.5, 0.6) is 5.75 Å². The summed E-state index contributed by atoms with van der Waals surface area (Å²) in [5, 5.41) is 0. The Morgan fingerprint density at radius 2 is 1.54 bits per heavy atom. The monoisotopic (exact) mass is 389 g/mol. The lowest BCUT2D eigenvalue weighted by Gasteiger charge is -2.36. The third-order valence-electron chi connectivity index (χ3n) is 4.58. The van der Waals surface area contributed by atoms with Crippen LogP contribution >= 0.6 is 0 Å². The second-order valence-corrected chi connectivity index (χ2v) is 8.11. The SMILES string of the molecule is O=C(c1ccccc1OC(F)F)N1CCN(S(=O)(=O)N2CCCC2)CC1. The molecular weight excluding hydrogens is 368 g/mol. The predicted molar refractivity (Wildman–Crippen MR) is 90.3 cm³/mol. The molecule has 0 N–H and O–H groups in total. The Kier molecular flexibility index (Phi) is 5.73. The van der Waals surface area contributed by atoms with Gasteiger partial charge in [0, 0.05) is 39.3 Å². The highest BCUT2D eigenvalue weighted by Crippen LogP contribution is 2.23. The Morgan fingerprint density at radius 1 is 0.962 bits per heavy atom. The lowest BCUT2D eigenvalue weighted by Crippen LogP contribution is -2.53. The van der Waals surface area contributed by atoms with Crippen LogP contribution in [0.3, 0.4) is 0 Å². The Labute approximate surface area is 151 Å². The third kappa shape index (κ3) is 3.97. The molecule has 26 heavy (non-hydrogen) atoms. The number of carbonyl (C=O) groups excluding carboxylic acids is 1. The number of ether oxygens (including phenoxy) is 1. The van der Waals surface area contributed by atoms with Gasteiger partial charge in [-0.25, -0.2) is 0 Å². The molecular formula is C16H21F2N3O4S. The fourth-order valence-corrected chi connectivity index (χ4v) is 4.89. The second kappa shape index (κ2) is 7.85. The molecule has 10 heteroatoms. The molecule has 2 saturated heterocycles. The quantitative estimate of drug-likeness (QED) is 0.763. The topological polar surface area (TPSA) is 70.2 Å². The van der Waals surface area contributed by atoms with E-state index in [4.69, 9.17) is 0 Å². The smallest absolute Gasteiger partial charge is 0.387 e. The van der Waals surface area contributed by atoms with Crippen molar-refractivity contribution < 1.29 is 26.7 Å². The minimum absolute atomic E-state index is 0.0450. The molecule has 0 unspecified atom stereocenters. The van der Waals surface area contributed by atoms with Crippen molar-refractivity contribution in [2.24, 2.45) is 0 Å². The molecule has 0 atom stereocenters. The first-order chi connectivity index (χ1) is 12.4. The second-order valence-electron chi connectivity index (χ2n) is 6.18. The van der Waals surface area contributed by atoms with E-state index < -0.39 is 22.7 Å². The molecule has 0 aliphatic carbocycles. The van der Waals surface area contributed by atoms with E-state index in [9.17, 15) is 22.0 Å². The first-order valence-electron chi connectivity index (χ1n) is 8.48. The van der Waals surface area contributed by atoms with Gasteiger partial charge in [-0.3, -0.25) is 4.79 Å². The fraction of sp³-hybridized carbons (Fsp3) is 0.562. The van der Waals surface area contributed by atoms with Crippen molar-refractivity contribution in [1.82, 2.24) is 13.5 Å². The van der Waals surface area contributed by atoms with Crippen molar-refractivity contribution in [2.45, 2.75) is 19.5 Å². The standard InChI is InChI=1S/C16H21F2N3O4S/c17-16(18)25-14-6-2-1-5-13(14)15(22)19-9-11-21(12-10-19)26(23,24)20-7-3-4-8-20/h1-2,5-6,16H,3-4,7-12H2. The summed E-state index contributed by atoms with van der Waals surface area (Å²) in [7, 11) is -3.49. The molecule has 1 aromatic carbocycles. The van der Waals surface area contributed by atoms with Crippen LogP contribution in [0.1, 0.15) is 23.2 Å². The zero-order chi connectivity index (χ0) is 18.7. The zero-order valence-corrected chi connectivity index (χ0v) is 15.0. The van der Waals surface area contributed by atoms with Gasteiger partial charge in [0.15, 0.2) is 0 Å².